The maximum atomic E-state index is 12.0. The van der Waals surface area contributed by atoms with Gasteiger partial charge in [-0.05, 0) is 12.1 Å². The van der Waals surface area contributed by atoms with Gasteiger partial charge in [0.2, 0.25) is 0 Å². The Labute approximate surface area is 75.8 Å². The van der Waals surface area contributed by atoms with Gasteiger partial charge in [-0.3, -0.25) is 0 Å². The van der Waals surface area contributed by atoms with Crippen LogP contribution in [0.25, 0.3) is 0 Å². The van der Waals surface area contributed by atoms with Crippen LogP contribution in [-0.4, -0.2) is 5.11 Å². The van der Waals surface area contributed by atoms with Gasteiger partial charge in [0.05, 0.1) is 0 Å². The molecule has 0 spiro atoms. The number of aromatic hydroxyl groups is 1. The number of phenolic OH excluding ortho intramolecular Hbond substituents is 1. The van der Waals surface area contributed by atoms with Crippen molar-refractivity contribution in [3.8, 4) is 5.75 Å². The summed E-state index contributed by atoms with van der Waals surface area (Å²) in [4.78, 5) is 0. The van der Waals surface area contributed by atoms with Gasteiger partial charge in [-0.15, -0.1) is 0 Å². The summed E-state index contributed by atoms with van der Waals surface area (Å²) in [6.45, 7) is 0. The third kappa shape index (κ3) is 2.18. The van der Waals surface area contributed by atoms with E-state index in [0.717, 1.165) is 18.2 Å². The van der Waals surface area contributed by atoms with Crippen molar-refractivity contribution in [1.29, 1.82) is 0 Å². The third-order valence-corrected chi connectivity index (χ3v) is 0.903. The molecule has 1 nitrogen and oxygen atoms in total. The van der Waals surface area contributed by atoms with E-state index in [9.17, 15) is 8.78 Å². The van der Waals surface area contributed by atoms with Gasteiger partial charge in [0.15, 0.2) is 11.6 Å². The zero-order valence-corrected chi connectivity index (χ0v) is 7.39. The molecule has 1 rings (SSSR count). The number of phenols is 1. The average Bonchev–Trinajstić information content (AvgIpc) is 1.80. The summed E-state index contributed by atoms with van der Waals surface area (Å²) in [6.07, 6.45) is 0. The number of hydrogen-bond donors (Lipinski definition) is 1. The zero-order valence-electron chi connectivity index (χ0n) is 4.94. The van der Waals surface area contributed by atoms with Crippen LogP contribution in [0.15, 0.2) is 18.2 Å². The SMILES string of the molecule is Oc1ccc(F)c(F)c1.[Zr]. The molecule has 0 bridgehead atoms. The van der Waals surface area contributed by atoms with Gasteiger partial charge in [-0.2, -0.15) is 0 Å². The fraction of sp³-hybridized carbons (Fsp3) is 0. The van der Waals surface area contributed by atoms with Crippen LogP contribution in [0, 0.1) is 11.6 Å². The summed E-state index contributed by atoms with van der Waals surface area (Å²) in [5.41, 5.74) is 0. The van der Waals surface area contributed by atoms with E-state index in [-0.39, 0.29) is 32.0 Å². The first kappa shape index (κ1) is 9.76. The molecule has 52 valence electrons. The molecule has 0 amide bonds. The van der Waals surface area contributed by atoms with Crippen LogP contribution in [0.2, 0.25) is 0 Å². The third-order valence-electron chi connectivity index (χ3n) is 0.903. The second-order valence-corrected chi connectivity index (χ2v) is 1.60. The quantitative estimate of drug-likeness (QED) is 0.706. The average molecular weight is 221 g/mol. The van der Waals surface area contributed by atoms with Crippen LogP contribution >= 0.6 is 0 Å². The predicted molar refractivity (Wildman–Crippen MR) is 28.0 cm³/mol. The fourth-order valence-corrected chi connectivity index (χ4v) is 0.485. The van der Waals surface area contributed by atoms with E-state index in [2.05, 4.69) is 0 Å². The van der Waals surface area contributed by atoms with E-state index >= 15 is 0 Å². The summed E-state index contributed by atoms with van der Waals surface area (Å²) < 4.78 is 24.1. The van der Waals surface area contributed by atoms with Crippen molar-refractivity contribution in [3.05, 3.63) is 29.8 Å². The minimum Gasteiger partial charge on any atom is -0.508 e. The Hall–Kier alpha value is -0.237. The van der Waals surface area contributed by atoms with Gasteiger partial charge in [0.25, 0.3) is 0 Å². The van der Waals surface area contributed by atoms with Crippen molar-refractivity contribution in [2.24, 2.45) is 0 Å². The molecule has 0 fully saturated rings. The van der Waals surface area contributed by atoms with Crippen LogP contribution in [0.1, 0.15) is 0 Å². The first-order valence-electron chi connectivity index (χ1n) is 2.34. The molecule has 10 heavy (non-hydrogen) atoms. The minimum absolute atomic E-state index is 0. The van der Waals surface area contributed by atoms with Crippen LogP contribution < -0.4 is 0 Å². The second-order valence-electron chi connectivity index (χ2n) is 1.60. The van der Waals surface area contributed by atoms with Crippen molar-refractivity contribution in [2.45, 2.75) is 0 Å². The first-order chi connectivity index (χ1) is 4.20. The first-order valence-corrected chi connectivity index (χ1v) is 2.34. The van der Waals surface area contributed by atoms with Gasteiger partial charge in [-0.25, -0.2) is 8.78 Å². The molecule has 0 radical (unpaired) electrons. The van der Waals surface area contributed by atoms with Crippen molar-refractivity contribution < 1.29 is 40.1 Å². The van der Waals surface area contributed by atoms with Crippen molar-refractivity contribution in [2.75, 3.05) is 0 Å². The fourth-order valence-electron chi connectivity index (χ4n) is 0.485. The van der Waals surface area contributed by atoms with Crippen LogP contribution in [0.3, 0.4) is 0 Å². The standard InChI is InChI=1S/C6H4F2O.Zr/c7-5-2-1-4(9)3-6(5)8;/h1-3,9H;. The number of benzene rings is 1. The molecule has 1 N–H and O–H groups in total. The molecule has 0 saturated carbocycles. The smallest absolute Gasteiger partial charge is 0.162 e. The molecule has 0 aliphatic heterocycles. The molecular formula is C6H4F2OZr. The Balaban J connectivity index is 0.000000810. The summed E-state index contributed by atoms with van der Waals surface area (Å²) in [6, 6.07) is 2.67. The van der Waals surface area contributed by atoms with Crippen molar-refractivity contribution in [1.82, 2.24) is 0 Å². The van der Waals surface area contributed by atoms with Gasteiger partial charge in [0, 0.05) is 32.3 Å². The van der Waals surface area contributed by atoms with Crippen LogP contribution in [0.4, 0.5) is 8.78 Å². The normalized spacial score (nSPS) is 8.60. The molecule has 4 heteroatoms. The molecule has 0 aliphatic carbocycles. The summed E-state index contributed by atoms with van der Waals surface area (Å²) in [7, 11) is 0. The molecule has 0 aromatic heterocycles. The molecule has 0 saturated heterocycles. The van der Waals surface area contributed by atoms with E-state index < -0.39 is 11.6 Å². The van der Waals surface area contributed by atoms with E-state index in [1.807, 2.05) is 0 Å². The molecule has 0 heterocycles. The summed E-state index contributed by atoms with van der Waals surface area (Å²) in [5.74, 6) is -2.25. The Bertz CT molecular complexity index is 227. The number of rotatable bonds is 0. The van der Waals surface area contributed by atoms with Crippen molar-refractivity contribution >= 4 is 0 Å². The zero-order chi connectivity index (χ0) is 6.85. The topological polar surface area (TPSA) is 20.2 Å². The van der Waals surface area contributed by atoms with Gasteiger partial charge in [0.1, 0.15) is 5.75 Å². The summed E-state index contributed by atoms with van der Waals surface area (Å²) >= 11 is 0. The molecule has 1 aromatic carbocycles. The Morgan fingerprint density at radius 3 is 2.10 bits per heavy atom. The maximum Gasteiger partial charge on any atom is 0.162 e. The van der Waals surface area contributed by atoms with E-state index in [4.69, 9.17) is 5.11 Å². The van der Waals surface area contributed by atoms with Crippen LogP contribution in [0.5, 0.6) is 5.75 Å². The molecule has 0 atom stereocenters. The van der Waals surface area contributed by atoms with Crippen LogP contribution in [-0.2, 0) is 26.2 Å². The molecule has 0 unspecified atom stereocenters. The number of halogens is 2. The van der Waals surface area contributed by atoms with Crippen molar-refractivity contribution in [3.63, 3.8) is 0 Å². The van der Waals surface area contributed by atoms with E-state index in [0.29, 0.717) is 0 Å². The van der Waals surface area contributed by atoms with Gasteiger partial charge in [-0.1, -0.05) is 0 Å². The van der Waals surface area contributed by atoms with E-state index in [1.54, 1.807) is 0 Å². The van der Waals surface area contributed by atoms with Gasteiger partial charge >= 0.3 is 0 Å². The molecule has 1 aromatic rings. The largest absolute Gasteiger partial charge is 0.508 e. The Kier molecular flexibility index (Phi) is 3.73. The maximum absolute atomic E-state index is 12.0. The minimum atomic E-state index is -1.03. The number of hydrogen-bond acceptors (Lipinski definition) is 1. The molecule has 0 aliphatic rings. The van der Waals surface area contributed by atoms with Gasteiger partial charge < -0.3 is 5.11 Å². The summed E-state index contributed by atoms with van der Waals surface area (Å²) in [5, 5.41) is 8.53. The Morgan fingerprint density at radius 1 is 1.10 bits per heavy atom. The second kappa shape index (κ2) is 3.82. The predicted octanol–water partition coefficient (Wildman–Crippen LogP) is 1.67. The monoisotopic (exact) mass is 220 g/mol. The Morgan fingerprint density at radius 2 is 1.70 bits per heavy atom. The molecular weight excluding hydrogens is 217 g/mol. The van der Waals surface area contributed by atoms with E-state index in [1.165, 1.54) is 0 Å².